The Bertz CT molecular complexity index is 791. The van der Waals surface area contributed by atoms with Crippen molar-refractivity contribution in [3.63, 3.8) is 0 Å². The van der Waals surface area contributed by atoms with Gasteiger partial charge in [-0.05, 0) is 25.8 Å². The van der Waals surface area contributed by atoms with Gasteiger partial charge in [0.2, 0.25) is 11.8 Å². The molecule has 0 radical (unpaired) electrons. The molecule has 162 valence electrons. The van der Waals surface area contributed by atoms with Gasteiger partial charge >= 0.3 is 5.97 Å². The van der Waals surface area contributed by atoms with Crippen LogP contribution in [0.1, 0.15) is 65.0 Å². The normalized spacial score (nSPS) is 23.0. The van der Waals surface area contributed by atoms with E-state index in [4.69, 9.17) is 6.85 Å². The van der Waals surface area contributed by atoms with Crippen LogP contribution in [0.25, 0.3) is 0 Å². The maximum atomic E-state index is 12.2. The fourth-order valence-corrected chi connectivity index (χ4v) is 3.21. The lowest BCUT2D eigenvalue weighted by atomic mass is 10.4. The monoisotopic (exact) mass is 424 g/mol. The van der Waals surface area contributed by atoms with E-state index in [1.54, 1.807) is 4.90 Å². The molecule has 2 aliphatic heterocycles. The van der Waals surface area contributed by atoms with Gasteiger partial charge in [-0.2, -0.15) is 0 Å². The van der Waals surface area contributed by atoms with E-state index < -0.39 is 36.9 Å². The summed E-state index contributed by atoms with van der Waals surface area (Å²) in [5.74, 6) is -2.80. The Morgan fingerprint density at radius 3 is 2.55 bits per heavy atom. The minimum Gasteiger partial charge on any atom is -0.355 e. The molecule has 0 aromatic carbocycles. The third kappa shape index (κ3) is 7.45. The number of imide groups is 1. The highest BCUT2D eigenvalue weighted by Crippen LogP contribution is 2.20. The Morgan fingerprint density at radius 2 is 1.83 bits per heavy atom. The van der Waals surface area contributed by atoms with E-state index in [9.17, 15) is 24.0 Å². The molecule has 0 spiro atoms. The number of likely N-dealkylation sites (tertiary alicyclic amines) is 1. The Morgan fingerprint density at radius 1 is 1.14 bits per heavy atom. The van der Waals surface area contributed by atoms with Crippen LogP contribution in [0.3, 0.4) is 0 Å². The summed E-state index contributed by atoms with van der Waals surface area (Å²) in [4.78, 5) is 64.9. The molecule has 10 nitrogen and oxygen atoms in total. The highest BCUT2D eigenvalue weighted by Gasteiger charge is 2.32. The summed E-state index contributed by atoms with van der Waals surface area (Å²) in [6.07, 6.45) is -1.50. The molecular formula is C19H30N4O6. The molecule has 0 aromatic rings. The van der Waals surface area contributed by atoms with Gasteiger partial charge in [0.05, 0.1) is 13.0 Å². The second-order valence-corrected chi connectivity index (χ2v) is 6.89. The van der Waals surface area contributed by atoms with Crippen LogP contribution >= 0.6 is 0 Å². The van der Waals surface area contributed by atoms with Crippen molar-refractivity contribution >= 4 is 29.6 Å². The van der Waals surface area contributed by atoms with Crippen molar-refractivity contribution in [1.29, 1.82) is 0 Å². The third-order valence-corrected chi connectivity index (χ3v) is 4.71. The lowest BCUT2D eigenvalue weighted by Crippen LogP contribution is -2.41. The molecule has 0 saturated carbocycles. The molecule has 2 heterocycles. The van der Waals surface area contributed by atoms with Crippen LogP contribution in [0.15, 0.2) is 0 Å². The van der Waals surface area contributed by atoms with Crippen molar-refractivity contribution in [2.75, 3.05) is 26.2 Å². The maximum Gasteiger partial charge on any atom is 0.334 e. The van der Waals surface area contributed by atoms with E-state index in [1.807, 2.05) is 0 Å². The minimum atomic E-state index is -2.74. The highest BCUT2D eigenvalue weighted by atomic mass is 16.8. The predicted molar refractivity (Wildman–Crippen MR) is 102 cm³/mol. The number of hydrogen-bond donors (Lipinski definition) is 2. The van der Waals surface area contributed by atoms with Gasteiger partial charge in [0.1, 0.15) is 0 Å². The van der Waals surface area contributed by atoms with Gasteiger partial charge in [0, 0.05) is 45.2 Å². The molecule has 0 bridgehead atoms. The number of hydrogen-bond acceptors (Lipinski definition) is 7. The number of carbonyl (C=O) groups is 5. The van der Waals surface area contributed by atoms with E-state index in [0.717, 1.165) is 6.42 Å². The van der Waals surface area contributed by atoms with Crippen LogP contribution in [-0.2, 0) is 28.8 Å². The van der Waals surface area contributed by atoms with Crippen LogP contribution in [0.5, 0.6) is 0 Å². The topological polar surface area (TPSA) is 125 Å². The van der Waals surface area contributed by atoms with E-state index in [1.165, 1.54) is 0 Å². The highest BCUT2D eigenvalue weighted by molar-refractivity contribution is 6.01. The first-order valence-electron chi connectivity index (χ1n) is 12.1. The fourth-order valence-electron chi connectivity index (χ4n) is 3.21. The van der Waals surface area contributed by atoms with Gasteiger partial charge in [-0.25, -0.2) is 4.79 Å². The molecule has 10 heteroatoms. The van der Waals surface area contributed by atoms with E-state index in [0.29, 0.717) is 18.0 Å². The summed E-state index contributed by atoms with van der Waals surface area (Å²) in [5.41, 5.74) is 0. The summed E-state index contributed by atoms with van der Waals surface area (Å²) >= 11 is 0. The Kier molecular flexibility index (Phi) is 6.47. The number of rotatable bonds is 11. The minimum absolute atomic E-state index is 0.00947. The molecule has 1 atom stereocenters. The van der Waals surface area contributed by atoms with Gasteiger partial charge in [-0.3, -0.25) is 24.1 Å². The predicted octanol–water partition coefficient (Wildman–Crippen LogP) is -0.129. The largest absolute Gasteiger partial charge is 0.355 e. The molecule has 2 fully saturated rings. The molecule has 1 unspecified atom stereocenters. The molecular weight excluding hydrogens is 389 g/mol. The van der Waals surface area contributed by atoms with Crippen LogP contribution < -0.4 is 10.6 Å². The summed E-state index contributed by atoms with van der Waals surface area (Å²) in [5, 5.41) is 5.49. The second kappa shape index (κ2) is 11.5. The lowest BCUT2D eigenvalue weighted by molar-refractivity contribution is -0.197. The van der Waals surface area contributed by atoms with Crippen molar-refractivity contribution in [2.45, 2.75) is 64.2 Å². The summed E-state index contributed by atoms with van der Waals surface area (Å²) in [7, 11) is 0. The molecule has 2 rings (SSSR count). The van der Waals surface area contributed by atoms with E-state index in [2.05, 4.69) is 15.5 Å². The molecule has 2 saturated heterocycles. The summed E-state index contributed by atoms with van der Waals surface area (Å²) < 4.78 is 37.6. The summed E-state index contributed by atoms with van der Waals surface area (Å²) in [6.45, 7) is -2.23. The SMILES string of the molecule is [2H]C([2H])([2H])C([2H])([2H])[13CH2][13CH]1[13CH2][13CH2][13CH2][15N]1[13CH2][13C](=O)NCCC(=O)NCC[13C](=O)ON1C(=O)CCC1=O. The standard InChI is InChI=1S/C19H30N4O6/c1-2-4-14-5-3-12-22(14)13-16(25)21-10-8-15(24)20-11-9-19(28)29-23-17(26)6-7-18(23)27/h14H,2-13H2,1H3,(H,20,24)(H,21,25)/i1D3,2D2,3+1,4+1,5+1,12+1,13+1,14+1,16+1,19+1,22+1. The zero-order valence-corrected chi connectivity index (χ0v) is 16.2. The Balaban J connectivity index is 1.62. The molecule has 2 N–H and O–H groups in total. The fraction of sp³-hybridized carbons (Fsp3) is 0.737. The van der Waals surface area contributed by atoms with Gasteiger partial charge in [0.25, 0.3) is 11.8 Å². The van der Waals surface area contributed by atoms with Crippen molar-refractivity contribution in [3.05, 3.63) is 0 Å². The first-order valence-corrected chi connectivity index (χ1v) is 9.64. The van der Waals surface area contributed by atoms with Gasteiger partial charge in [-0.1, -0.05) is 13.2 Å². The number of hydroxylamine groups is 2. The maximum absolute atomic E-state index is 12.2. The van der Waals surface area contributed by atoms with E-state index >= 15 is 0 Å². The van der Waals surface area contributed by atoms with Crippen LogP contribution in [0, 0.1) is 0 Å². The van der Waals surface area contributed by atoms with E-state index in [-0.39, 0.29) is 63.7 Å². The second-order valence-electron chi connectivity index (χ2n) is 6.89. The smallest absolute Gasteiger partial charge is 0.334 e. The van der Waals surface area contributed by atoms with Gasteiger partial charge < -0.3 is 15.5 Å². The first-order chi connectivity index (χ1) is 15.8. The molecule has 0 aliphatic carbocycles. The molecule has 4 amide bonds. The number of nitrogens with zero attached hydrogens (tertiary/aromatic N) is 2. The Labute approximate surface area is 177 Å². The van der Waals surface area contributed by atoms with Crippen molar-refractivity contribution in [1.82, 2.24) is 20.6 Å². The number of amides is 4. The van der Waals surface area contributed by atoms with Gasteiger partial charge in [0.15, 0.2) is 0 Å². The first kappa shape index (κ1) is 16.3. The molecule has 29 heavy (non-hydrogen) atoms. The van der Waals surface area contributed by atoms with Crippen molar-refractivity contribution in [2.24, 2.45) is 0 Å². The zero-order chi connectivity index (χ0) is 25.5. The van der Waals surface area contributed by atoms with Crippen LogP contribution in [0.2, 0.25) is 0 Å². The van der Waals surface area contributed by atoms with Crippen LogP contribution in [-0.4, -0.2) is 71.8 Å². The lowest BCUT2D eigenvalue weighted by Gasteiger charge is -2.23. The number of carbonyl (C=O) groups excluding carboxylic acids is 5. The quantitative estimate of drug-likeness (QED) is 0.269. The zero-order valence-electron chi connectivity index (χ0n) is 21.2. The Hall–Kier alpha value is -2.49. The third-order valence-electron chi connectivity index (χ3n) is 4.71. The number of nitrogens with one attached hydrogen (secondary N) is 2. The van der Waals surface area contributed by atoms with Gasteiger partial charge in [-0.15, -0.1) is 5.06 Å². The molecule has 0 aromatic heterocycles. The average molecular weight is 424 g/mol. The van der Waals surface area contributed by atoms with Crippen LogP contribution in [0.4, 0.5) is 0 Å². The van der Waals surface area contributed by atoms with Crippen molar-refractivity contribution < 1.29 is 35.7 Å². The average Bonchev–Trinajstić information content (AvgIpc) is 3.27. The molecule has 2 aliphatic rings. The van der Waals surface area contributed by atoms with Crippen molar-refractivity contribution in [3.8, 4) is 0 Å². The summed E-state index contributed by atoms with van der Waals surface area (Å²) in [6, 6.07) is -0.352.